The van der Waals surface area contributed by atoms with Crippen LogP contribution in [0.4, 0.5) is 0 Å². The minimum absolute atomic E-state index is 0.0386. The molecule has 2 aliphatic rings. The summed E-state index contributed by atoms with van der Waals surface area (Å²) in [6, 6.07) is 2.36. The zero-order valence-electron chi connectivity index (χ0n) is 13.4. The molecule has 25 heavy (non-hydrogen) atoms. The highest BCUT2D eigenvalue weighted by Crippen LogP contribution is 2.54. The van der Waals surface area contributed by atoms with Crippen LogP contribution in [-0.4, -0.2) is 60.6 Å². The molecule has 3 N–H and O–H groups in total. The number of fused-ring (bicyclic) bond motifs is 1. The van der Waals surface area contributed by atoms with Crippen LogP contribution >= 0.6 is 23.1 Å². The van der Waals surface area contributed by atoms with Crippen LogP contribution in [0.15, 0.2) is 17.5 Å². The molecule has 0 bridgehead atoms. The second-order valence-corrected chi connectivity index (χ2v) is 9.21. The van der Waals surface area contributed by atoms with Gasteiger partial charge in [-0.15, -0.1) is 23.1 Å². The Hall–Kier alpha value is -2.07. The lowest BCUT2D eigenvalue weighted by molar-refractivity contribution is -0.179. The summed E-state index contributed by atoms with van der Waals surface area (Å²) >= 11 is 2.42. The maximum Gasteiger partial charge on any atom is 0.342 e. The van der Waals surface area contributed by atoms with E-state index in [9.17, 15) is 29.4 Å². The van der Waals surface area contributed by atoms with Crippen LogP contribution in [0.2, 0.25) is 0 Å². The summed E-state index contributed by atoms with van der Waals surface area (Å²) in [5.74, 6) is -4.16. The van der Waals surface area contributed by atoms with Crippen molar-refractivity contribution in [3.05, 3.63) is 22.4 Å². The Morgan fingerprint density at radius 3 is 2.52 bits per heavy atom. The van der Waals surface area contributed by atoms with Gasteiger partial charge in [-0.2, -0.15) is 0 Å². The Balaban J connectivity index is 1.87. The van der Waals surface area contributed by atoms with Crippen molar-refractivity contribution < 1.29 is 29.4 Å². The number of carbonyl (C=O) groups excluding carboxylic acids is 2. The van der Waals surface area contributed by atoms with Gasteiger partial charge in [0, 0.05) is 9.62 Å². The first-order valence-corrected chi connectivity index (χ1v) is 9.17. The third-order valence-corrected chi connectivity index (χ3v) is 6.88. The molecule has 0 unspecified atom stereocenters. The van der Waals surface area contributed by atoms with Gasteiger partial charge in [0.15, 0.2) is 0 Å². The van der Waals surface area contributed by atoms with Crippen molar-refractivity contribution >= 4 is 46.9 Å². The van der Waals surface area contributed by atoms with E-state index < -0.39 is 45.5 Å². The summed E-state index contributed by atoms with van der Waals surface area (Å²) in [5, 5.41) is 22.2. The summed E-state index contributed by atoms with van der Waals surface area (Å²) in [4.78, 5) is 50.1. The molecule has 0 aliphatic carbocycles. The van der Waals surface area contributed by atoms with Gasteiger partial charge in [-0.1, -0.05) is 6.07 Å². The zero-order chi connectivity index (χ0) is 18.6. The van der Waals surface area contributed by atoms with E-state index in [1.54, 1.807) is 31.4 Å². The normalized spacial score (nSPS) is 29.7. The third kappa shape index (κ3) is 2.51. The number of nitrogens with one attached hydrogen (secondary N) is 1. The second kappa shape index (κ2) is 5.73. The number of amides is 2. The van der Waals surface area contributed by atoms with Gasteiger partial charge in [0.25, 0.3) is 5.91 Å². The first-order valence-electron chi connectivity index (χ1n) is 7.41. The fourth-order valence-corrected chi connectivity index (χ4v) is 5.65. The highest BCUT2D eigenvalue weighted by atomic mass is 32.2. The lowest BCUT2D eigenvalue weighted by Gasteiger charge is -2.50. The largest absolute Gasteiger partial charge is 0.480 e. The summed E-state index contributed by atoms with van der Waals surface area (Å²) in [7, 11) is 0. The Bertz CT molecular complexity index is 762. The molecule has 0 spiro atoms. The van der Waals surface area contributed by atoms with Crippen LogP contribution in [0.3, 0.4) is 0 Å². The standard InChI is InChI=1S/C15H16N2O6S2/c1-14(2)9(10(19)20)17-11(21)15(13(22)23,12(17)25-14)16-8(18)6-7-4-3-5-24-7/h3-5,9,12H,6H2,1-2H3,(H,16,18)(H,19,20)(H,22,23)/t9-,12+,15-/m0/s1. The van der Waals surface area contributed by atoms with Crippen molar-refractivity contribution in [2.45, 2.75) is 42.0 Å². The highest BCUT2D eigenvalue weighted by molar-refractivity contribution is 8.01. The molecule has 0 radical (unpaired) electrons. The lowest BCUT2D eigenvalue weighted by Crippen LogP contribution is -2.82. The molecule has 1 aromatic rings. The summed E-state index contributed by atoms with van der Waals surface area (Å²) < 4.78 is -0.873. The van der Waals surface area contributed by atoms with Crippen LogP contribution in [0, 0.1) is 0 Å². The van der Waals surface area contributed by atoms with Gasteiger partial charge < -0.3 is 20.4 Å². The molecule has 2 saturated heterocycles. The number of rotatable bonds is 5. The lowest BCUT2D eigenvalue weighted by atomic mass is 9.84. The third-order valence-electron chi connectivity index (χ3n) is 4.37. The maximum atomic E-state index is 12.6. The van der Waals surface area contributed by atoms with Gasteiger partial charge in [0.05, 0.1) is 6.42 Å². The second-order valence-electron chi connectivity index (χ2n) is 6.44. The van der Waals surface area contributed by atoms with Crippen LogP contribution < -0.4 is 5.32 Å². The van der Waals surface area contributed by atoms with Gasteiger partial charge in [-0.3, -0.25) is 9.59 Å². The van der Waals surface area contributed by atoms with Crippen molar-refractivity contribution in [1.29, 1.82) is 0 Å². The van der Waals surface area contributed by atoms with Gasteiger partial charge >= 0.3 is 11.9 Å². The number of carboxylic acids is 2. The average molecular weight is 384 g/mol. The molecule has 2 fully saturated rings. The molecule has 1 aromatic heterocycles. The van der Waals surface area contributed by atoms with Crippen molar-refractivity contribution in [3.63, 3.8) is 0 Å². The zero-order valence-corrected chi connectivity index (χ0v) is 15.0. The number of aliphatic carboxylic acids is 2. The van der Waals surface area contributed by atoms with Crippen molar-refractivity contribution in [2.24, 2.45) is 0 Å². The monoisotopic (exact) mass is 384 g/mol. The molecule has 0 aromatic carbocycles. The highest BCUT2D eigenvalue weighted by Gasteiger charge is 2.75. The summed E-state index contributed by atoms with van der Waals surface area (Å²) in [5.41, 5.74) is -2.12. The number of nitrogens with zero attached hydrogens (tertiary/aromatic N) is 1. The number of hydrogen-bond acceptors (Lipinski definition) is 6. The smallest absolute Gasteiger partial charge is 0.342 e. The minimum Gasteiger partial charge on any atom is -0.480 e. The molecule has 8 nitrogen and oxygen atoms in total. The minimum atomic E-state index is -2.12. The van der Waals surface area contributed by atoms with E-state index in [-0.39, 0.29) is 6.42 Å². The molecule has 3 heterocycles. The Morgan fingerprint density at radius 1 is 1.32 bits per heavy atom. The number of carbonyl (C=O) groups is 4. The molecule has 10 heteroatoms. The first kappa shape index (κ1) is 17.7. The fourth-order valence-electron chi connectivity index (χ4n) is 3.26. The number of β-lactam (4-membered cyclic amide) rings is 1. The predicted octanol–water partition coefficient (Wildman–Crippen LogP) is 0.377. The van der Waals surface area contributed by atoms with Crippen molar-refractivity contribution in [1.82, 2.24) is 10.2 Å². The van der Waals surface area contributed by atoms with Gasteiger partial charge in [0.2, 0.25) is 11.4 Å². The van der Waals surface area contributed by atoms with E-state index in [4.69, 9.17) is 0 Å². The molecule has 3 rings (SSSR count). The van der Waals surface area contributed by atoms with Crippen LogP contribution in [0.25, 0.3) is 0 Å². The van der Waals surface area contributed by atoms with E-state index in [2.05, 4.69) is 5.32 Å². The van der Waals surface area contributed by atoms with Crippen molar-refractivity contribution in [3.8, 4) is 0 Å². The van der Waals surface area contributed by atoms with E-state index in [1.165, 1.54) is 11.3 Å². The first-order chi connectivity index (χ1) is 11.6. The van der Waals surface area contributed by atoms with Crippen molar-refractivity contribution in [2.75, 3.05) is 0 Å². The van der Waals surface area contributed by atoms with E-state index >= 15 is 0 Å². The van der Waals surface area contributed by atoms with E-state index in [0.29, 0.717) is 0 Å². The number of thioether (sulfide) groups is 1. The Kier molecular flexibility index (Phi) is 4.07. The molecule has 2 amide bonds. The summed E-state index contributed by atoms with van der Waals surface area (Å²) in [6.45, 7) is 3.28. The molecule has 0 saturated carbocycles. The molecule has 134 valence electrons. The topological polar surface area (TPSA) is 124 Å². The Morgan fingerprint density at radius 2 is 2.00 bits per heavy atom. The maximum absolute atomic E-state index is 12.6. The Labute approximate surface area is 151 Å². The number of carboxylic acid groups (broad SMARTS) is 2. The predicted molar refractivity (Wildman–Crippen MR) is 90.3 cm³/mol. The van der Waals surface area contributed by atoms with Gasteiger partial charge in [0.1, 0.15) is 11.4 Å². The van der Waals surface area contributed by atoms with Gasteiger partial charge in [-0.25, -0.2) is 9.59 Å². The van der Waals surface area contributed by atoms with Gasteiger partial charge in [-0.05, 0) is 25.3 Å². The summed E-state index contributed by atoms with van der Waals surface area (Å²) in [6.07, 6.45) is -0.0386. The molecular formula is C15H16N2O6S2. The molecule has 2 aliphatic heterocycles. The SMILES string of the molecule is CC1(C)S[C@H]2N(C(=O)[C@@]2(NC(=O)Cc2cccs2)C(=O)O)[C@H]1C(=O)O. The van der Waals surface area contributed by atoms with Crippen LogP contribution in [0.5, 0.6) is 0 Å². The van der Waals surface area contributed by atoms with E-state index in [0.717, 1.165) is 21.5 Å². The number of hydrogen-bond donors (Lipinski definition) is 3. The number of thiophene rings is 1. The molecule has 3 atom stereocenters. The van der Waals surface area contributed by atoms with E-state index in [1.807, 2.05) is 0 Å². The fraction of sp³-hybridized carbons (Fsp3) is 0.467. The quantitative estimate of drug-likeness (QED) is 0.495. The molecular weight excluding hydrogens is 368 g/mol. The van der Waals surface area contributed by atoms with Crippen LogP contribution in [0.1, 0.15) is 18.7 Å². The average Bonchev–Trinajstić information content (AvgIpc) is 3.08. The van der Waals surface area contributed by atoms with Crippen LogP contribution in [-0.2, 0) is 25.6 Å².